The summed E-state index contributed by atoms with van der Waals surface area (Å²) in [5, 5.41) is 11.6. The molecular formula is C18H13FN2O2. The molecule has 0 atom stereocenters. The fourth-order valence-corrected chi connectivity index (χ4v) is 3.04. The summed E-state index contributed by atoms with van der Waals surface area (Å²) >= 11 is 0. The molecule has 4 aromatic rings. The molecule has 1 N–H and O–H groups in total. The van der Waals surface area contributed by atoms with E-state index in [-0.39, 0.29) is 11.3 Å². The second kappa shape index (κ2) is 4.71. The van der Waals surface area contributed by atoms with Crippen LogP contribution in [-0.4, -0.2) is 14.5 Å². The molecule has 3 aromatic carbocycles. The van der Waals surface area contributed by atoms with Gasteiger partial charge < -0.3 is 5.11 Å². The van der Waals surface area contributed by atoms with E-state index < -0.39 is 5.82 Å². The first kappa shape index (κ1) is 13.6. The quantitative estimate of drug-likeness (QED) is 0.586. The van der Waals surface area contributed by atoms with E-state index >= 15 is 0 Å². The van der Waals surface area contributed by atoms with Crippen molar-refractivity contribution in [2.75, 3.05) is 0 Å². The lowest BCUT2D eigenvalue weighted by atomic mass is 10.1. The van der Waals surface area contributed by atoms with Gasteiger partial charge in [0.1, 0.15) is 11.6 Å². The lowest BCUT2D eigenvalue weighted by Crippen LogP contribution is -2.17. The SMILES string of the molecule is Cn1c(=O)c2cc(O)c3cc(F)ccc3c2n1-c1ccccc1. The fraction of sp³-hybridized carbons (Fsp3) is 0.0556. The zero-order valence-corrected chi connectivity index (χ0v) is 12.3. The molecule has 0 amide bonds. The maximum atomic E-state index is 13.5. The molecule has 1 heterocycles. The number of aromatic hydroxyl groups is 1. The topological polar surface area (TPSA) is 47.2 Å². The number of hydrogen-bond acceptors (Lipinski definition) is 2. The fourth-order valence-electron chi connectivity index (χ4n) is 3.04. The second-order valence-corrected chi connectivity index (χ2v) is 5.46. The number of halogens is 1. The van der Waals surface area contributed by atoms with Crippen LogP contribution in [0.3, 0.4) is 0 Å². The highest BCUT2D eigenvalue weighted by molar-refractivity contribution is 6.08. The molecule has 4 rings (SSSR count). The molecule has 23 heavy (non-hydrogen) atoms. The van der Waals surface area contributed by atoms with Gasteiger partial charge in [0.15, 0.2) is 0 Å². The van der Waals surface area contributed by atoms with Crippen LogP contribution in [0.2, 0.25) is 0 Å². The Balaban J connectivity index is 2.28. The molecule has 0 radical (unpaired) electrons. The van der Waals surface area contributed by atoms with Gasteiger partial charge >= 0.3 is 0 Å². The van der Waals surface area contributed by atoms with Gasteiger partial charge in [-0.3, -0.25) is 4.79 Å². The predicted molar refractivity (Wildman–Crippen MR) is 87.6 cm³/mol. The van der Waals surface area contributed by atoms with Gasteiger partial charge in [0, 0.05) is 17.8 Å². The Morgan fingerprint density at radius 3 is 2.43 bits per heavy atom. The third kappa shape index (κ3) is 1.86. The number of rotatable bonds is 1. The van der Waals surface area contributed by atoms with Gasteiger partial charge in [-0.25, -0.2) is 13.8 Å². The summed E-state index contributed by atoms with van der Waals surface area (Å²) in [6.07, 6.45) is 0. The number of aromatic nitrogens is 2. The van der Waals surface area contributed by atoms with Crippen LogP contribution in [0, 0.1) is 5.82 Å². The second-order valence-electron chi connectivity index (χ2n) is 5.46. The normalized spacial score (nSPS) is 11.4. The smallest absolute Gasteiger partial charge is 0.274 e. The van der Waals surface area contributed by atoms with Gasteiger partial charge in [-0.1, -0.05) is 18.2 Å². The van der Waals surface area contributed by atoms with Crippen molar-refractivity contribution >= 4 is 21.7 Å². The van der Waals surface area contributed by atoms with Crippen molar-refractivity contribution in [2.24, 2.45) is 7.05 Å². The molecule has 5 heteroatoms. The number of phenolic OH excluding ortho intramolecular Hbond substituents is 1. The Bertz CT molecular complexity index is 1110. The first-order valence-electron chi connectivity index (χ1n) is 7.16. The number of benzene rings is 3. The van der Waals surface area contributed by atoms with Crippen LogP contribution < -0.4 is 5.56 Å². The Morgan fingerprint density at radius 2 is 1.70 bits per heavy atom. The van der Waals surface area contributed by atoms with Crippen LogP contribution >= 0.6 is 0 Å². The molecule has 0 aliphatic rings. The minimum absolute atomic E-state index is 0.102. The zero-order valence-electron chi connectivity index (χ0n) is 12.3. The average molecular weight is 308 g/mol. The summed E-state index contributed by atoms with van der Waals surface area (Å²) in [6.45, 7) is 0. The number of hydrogen-bond donors (Lipinski definition) is 1. The van der Waals surface area contributed by atoms with Crippen molar-refractivity contribution in [3.05, 3.63) is 70.8 Å². The monoisotopic (exact) mass is 308 g/mol. The third-order valence-electron chi connectivity index (χ3n) is 4.09. The van der Waals surface area contributed by atoms with Crippen LogP contribution in [0.1, 0.15) is 0 Å². The first-order valence-corrected chi connectivity index (χ1v) is 7.16. The molecule has 0 bridgehead atoms. The summed E-state index contributed by atoms with van der Waals surface area (Å²) in [7, 11) is 1.67. The molecular weight excluding hydrogens is 295 g/mol. The van der Waals surface area contributed by atoms with E-state index in [1.165, 1.54) is 22.9 Å². The lowest BCUT2D eigenvalue weighted by molar-refractivity contribution is 0.482. The third-order valence-corrected chi connectivity index (χ3v) is 4.09. The summed E-state index contributed by atoms with van der Waals surface area (Å²) in [4.78, 5) is 12.5. The zero-order chi connectivity index (χ0) is 16.1. The Morgan fingerprint density at radius 1 is 0.957 bits per heavy atom. The highest BCUT2D eigenvalue weighted by Gasteiger charge is 2.17. The van der Waals surface area contributed by atoms with Gasteiger partial charge in [-0.15, -0.1) is 0 Å². The summed E-state index contributed by atoms with van der Waals surface area (Å²) in [6, 6.07) is 15.0. The van der Waals surface area contributed by atoms with Crippen molar-refractivity contribution in [3.63, 3.8) is 0 Å². The van der Waals surface area contributed by atoms with E-state index in [0.717, 1.165) is 5.69 Å². The van der Waals surface area contributed by atoms with Crippen LogP contribution in [0.25, 0.3) is 27.4 Å². The van der Waals surface area contributed by atoms with E-state index in [2.05, 4.69) is 0 Å². The minimum atomic E-state index is -0.434. The maximum Gasteiger partial charge on any atom is 0.274 e. The van der Waals surface area contributed by atoms with Gasteiger partial charge in [0.2, 0.25) is 0 Å². The molecule has 4 nitrogen and oxygen atoms in total. The van der Waals surface area contributed by atoms with Crippen LogP contribution in [0.5, 0.6) is 5.75 Å². The van der Waals surface area contributed by atoms with Crippen molar-refractivity contribution in [1.82, 2.24) is 9.36 Å². The molecule has 114 valence electrons. The number of fused-ring (bicyclic) bond motifs is 3. The number of para-hydroxylation sites is 1. The van der Waals surface area contributed by atoms with Gasteiger partial charge in [0.25, 0.3) is 5.56 Å². The lowest BCUT2D eigenvalue weighted by Gasteiger charge is -2.11. The molecule has 0 fully saturated rings. The molecule has 1 aromatic heterocycles. The Labute approximate surface area is 130 Å². The van der Waals surface area contributed by atoms with Gasteiger partial charge in [-0.2, -0.15) is 0 Å². The van der Waals surface area contributed by atoms with E-state index in [0.29, 0.717) is 21.7 Å². The van der Waals surface area contributed by atoms with Crippen molar-refractivity contribution in [2.45, 2.75) is 0 Å². The molecule has 0 aliphatic carbocycles. The largest absolute Gasteiger partial charge is 0.507 e. The van der Waals surface area contributed by atoms with Crippen LogP contribution in [0.4, 0.5) is 4.39 Å². The molecule has 0 spiro atoms. The van der Waals surface area contributed by atoms with Crippen LogP contribution in [-0.2, 0) is 7.05 Å². The van der Waals surface area contributed by atoms with E-state index in [4.69, 9.17) is 0 Å². The van der Waals surface area contributed by atoms with Crippen molar-refractivity contribution in [1.29, 1.82) is 0 Å². The molecule has 0 saturated carbocycles. The van der Waals surface area contributed by atoms with E-state index in [1.54, 1.807) is 17.8 Å². The summed E-state index contributed by atoms with van der Waals surface area (Å²) in [5.41, 5.74) is 1.25. The number of nitrogens with zero attached hydrogens (tertiary/aromatic N) is 2. The number of phenols is 1. The Hall–Kier alpha value is -3.08. The predicted octanol–water partition coefficient (Wildman–Crippen LogP) is 3.33. The van der Waals surface area contributed by atoms with Gasteiger partial charge in [-0.05, 0) is 36.4 Å². The van der Waals surface area contributed by atoms with Crippen LogP contribution in [0.15, 0.2) is 59.4 Å². The minimum Gasteiger partial charge on any atom is -0.507 e. The molecule has 0 saturated heterocycles. The standard InChI is InChI=1S/C18H13FN2O2/c1-20-18(23)15-10-16(22)14-9-11(19)7-8-13(14)17(15)21(20)12-5-3-2-4-6-12/h2-10,22H,1H3. The highest BCUT2D eigenvalue weighted by atomic mass is 19.1. The molecule has 0 unspecified atom stereocenters. The van der Waals surface area contributed by atoms with Gasteiger partial charge in [0.05, 0.1) is 16.6 Å². The van der Waals surface area contributed by atoms with E-state index in [1.807, 2.05) is 30.3 Å². The Kier molecular flexibility index (Phi) is 2.78. The summed E-state index contributed by atoms with van der Waals surface area (Å²) in [5.74, 6) is -0.536. The summed E-state index contributed by atoms with van der Waals surface area (Å²) < 4.78 is 16.8. The van der Waals surface area contributed by atoms with Crippen molar-refractivity contribution in [3.8, 4) is 11.4 Å². The maximum absolute atomic E-state index is 13.5. The highest BCUT2D eigenvalue weighted by Crippen LogP contribution is 2.33. The first-order chi connectivity index (χ1) is 11.1. The van der Waals surface area contributed by atoms with E-state index in [9.17, 15) is 14.3 Å². The average Bonchev–Trinajstić information content (AvgIpc) is 2.81. The molecule has 0 aliphatic heterocycles. The van der Waals surface area contributed by atoms with Crippen molar-refractivity contribution < 1.29 is 9.50 Å².